The minimum absolute atomic E-state index is 0.323. The zero-order valence-electron chi connectivity index (χ0n) is 12.9. The second kappa shape index (κ2) is 8.18. The van der Waals surface area contributed by atoms with Crippen molar-refractivity contribution in [2.45, 2.75) is 38.6 Å². The molecule has 0 aliphatic heterocycles. The Kier molecular flexibility index (Phi) is 6.25. The van der Waals surface area contributed by atoms with Crippen LogP contribution in [0.1, 0.15) is 49.8 Å². The summed E-state index contributed by atoms with van der Waals surface area (Å²) in [5.41, 5.74) is 2.20. The number of nitrogens with zero attached hydrogens (tertiary/aromatic N) is 2. The summed E-state index contributed by atoms with van der Waals surface area (Å²) in [5.74, 6) is 0.891. The first kappa shape index (κ1) is 16.8. The maximum absolute atomic E-state index is 11.3. The SMILES string of the molecule is CC(C)CC(CC(N=O)c1ccncc1)c1ccc(Br)cc1. The Morgan fingerprint density at radius 2 is 1.64 bits per heavy atom. The molecule has 2 atom stereocenters. The van der Waals surface area contributed by atoms with Crippen LogP contribution in [-0.2, 0) is 0 Å². The lowest BCUT2D eigenvalue weighted by atomic mass is 9.84. The lowest BCUT2D eigenvalue weighted by molar-refractivity contribution is 0.445. The molecule has 0 fully saturated rings. The maximum Gasteiger partial charge on any atom is 0.118 e. The van der Waals surface area contributed by atoms with Gasteiger partial charge in [0.2, 0.25) is 0 Å². The monoisotopic (exact) mass is 360 g/mol. The van der Waals surface area contributed by atoms with Crippen LogP contribution in [-0.4, -0.2) is 4.98 Å². The molecule has 1 aromatic carbocycles. The summed E-state index contributed by atoms with van der Waals surface area (Å²) in [6.07, 6.45) is 5.20. The molecule has 0 aliphatic rings. The van der Waals surface area contributed by atoms with Gasteiger partial charge in [0.25, 0.3) is 0 Å². The number of aromatic nitrogens is 1. The highest BCUT2D eigenvalue weighted by molar-refractivity contribution is 9.10. The van der Waals surface area contributed by atoms with Crippen LogP contribution in [0.25, 0.3) is 0 Å². The molecular formula is C18H21BrN2O. The summed E-state index contributed by atoms with van der Waals surface area (Å²) < 4.78 is 1.07. The van der Waals surface area contributed by atoms with Crippen molar-refractivity contribution in [2.24, 2.45) is 11.1 Å². The van der Waals surface area contributed by atoms with E-state index in [2.05, 4.69) is 64.2 Å². The molecule has 0 saturated heterocycles. The van der Waals surface area contributed by atoms with Gasteiger partial charge in [-0.15, -0.1) is 0 Å². The number of nitroso groups, excluding NO2 is 1. The van der Waals surface area contributed by atoms with Gasteiger partial charge in [-0.1, -0.05) is 47.1 Å². The molecule has 3 nitrogen and oxygen atoms in total. The Hall–Kier alpha value is -1.55. The van der Waals surface area contributed by atoms with Gasteiger partial charge < -0.3 is 0 Å². The Balaban J connectivity index is 2.21. The highest BCUT2D eigenvalue weighted by Gasteiger charge is 2.21. The second-order valence-corrected chi connectivity index (χ2v) is 6.93. The average Bonchev–Trinajstić information content (AvgIpc) is 2.52. The Labute approximate surface area is 140 Å². The van der Waals surface area contributed by atoms with E-state index in [0.29, 0.717) is 11.8 Å². The van der Waals surface area contributed by atoms with Gasteiger partial charge in [0.15, 0.2) is 0 Å². The van der Waals surface area contributed by atoms with Gasteiger partial charge in [-0.3, -0.25) is 4.98 Å². The quantitative estimate of drug-likeness (QED) is 0.579. The van der Waals surface area contributed by atoms with E-state index in [0.717, 1.165) is 22.9 Å². The first-order valence-electron chi connectivity index (χ1n) is 7.58. The fourth-order valence-electron chi connectivity index (χ4n) is 2.77. The van der Waals surface area contributed by atoms with Gasteiger partial charge in [-0.05, 0) is 60.1 Å². The van der Waals surface area contributed by atoms with Crippen molar-refractivity contribution in [3.05, 3.63) is 69.3 Å². The molecule has 0 bridgehead atoms. The van der Waals surface area contributed by atoms with Crippen LogP contribution < -0.4 is 0 Å². The van der Waals surface area contributed by atoms with Crippen molar-refractivity contribution in [3.8, 4) is 0 Å². The highest BCUT2D eigenvalue weighted by atomic mass is 79.9. The molecule has 22 heavy (non-hydrogen) atoms. The fraction of sp³-hybridized carbons (Fsp3) is 0.389. The molecule has 2 aromatic rings. The fourth-order valence-corrected chi connectivity index (χ4v) is 3.03. The molecule has 1 heterocycles. The zero-order valence-corrected chi connectivity index (χ0v) is 14.5. The van der Waals surface area contributed by atoms with Crippen LogP contribution in [0.15, 0.2) is 58.4 Å². The maximum atomic E-state index is 11.3. The van der Waals surface area contributed by atoms with Gasteiger partial charge in [0, 0.05) is 16.9 Å². The molecule has 2 unspecified atom stereocenters. The van der Waals surface area contributed by atoms with Crippen LogP contribution >= 0.6 is 15.9 Å². The van der Waals surface area contributed by atoms with Crippen molar-refractivity contribution >= 4 is 15.9 Å². The third kappa shape index (κ3) is 4.73. The van der Waals surface area contributed by atoms with E-state index < -0.39 is 0 Å². The van der Waals surface area contributed by atoms with Crippen molar-refractivity contribution in [3.63, 3.8) is 0 Å². The predicted octanol–water partition coefficient (Wildman–Crippen LogP) is 5.87. The molecule has 2 rings (SSSR count). The van der Waals surface area contributed by atoms with Crippen molar-refractivity contribution in [1.29, 1.82) is 0 Å². The minimum atomic E-state index is -0.324. The minimum Gasteiger partial charge on any atom is -0.265 e. The summed E-state index contributed by atoms with van der Waals surface area (Å²) in [6, 6.07) is 11.8. The predicted molar refractivity (Wildman–Crippen MR) is 93.7 cm³/mol. The second-order valence-electron chi connectivity index (χ2n) is 6.02. The number of hydrogen-bond donors (Lipinski definition) is 0. The van der Waals surface area contributed by atoms with E-state index >= 15 is 0 Å². The highest BCUT2D eigenvalue weighted by Crippen LogP contribution is 2.35. The lowest BCUT2D eigenvalue weighted by Gasteiger charge is -2.22. The van der Waals surface area contributed by atoms with Crippen molar-refractivity contribution in [2.75, 3.05) is 0 Å². The number of pyridine rings is 1. The molecule has 0 N–H and O–H groups in total. The van der Waals surface area contributed by atoms with Crippen LogP contribution in [0, 0.1) is 10.8 Å². The average molecular weight is 361 g/mol. The summed E-state index contributed by atoms with van der Waals surface area (Å²) in [4.78, 5) is 15.3. The Morgan fingerprint density at radius 3 is 2.18 bits per heavy atom. The summed E-state index contributed by atoms with van der Waals surface area (Å²) >= 11 is 3.47. The van der Waals surface area contributed by atoms with E-state index in [9.17, 15) is 4.91 Å². The van der Waals surface area contributed by atoms with Gasteiger partial charge in [-0.25, -0.2) is 0 Å². The number of benzene rings is 1. The van der Waals surface area contributed by atoms with Gasteiger partial charge in [0.05, 0.1) is 0 Å². The first-order valence-corrected chi connectivity index (χ1v) is 8.37. The molecule has 0 amide bonds. The molecular weight excluding hydrogens is 340 g/mol. The molecule has 0 radical (unpaired) electrons. The number of halogens is 1. The molecule has 1 aromatic heterocycles. The molecule has 4 heteroatoms. The third-order valence-electron chi connectivity index (χ3n) is 3.82. The van der Waals surface area contributed by atoms with Gasteiger partial charge in [0.1, 0.15) is 6.04 Å². The van der Waals surface area contributed by atoms with Crippen molar-refractivity contribution < 1.29 is 0 Å². The lowest BCUT2D eigenvalue weighted by Crippen LogP contribution is -2.08. The normalized spacial score (nSPS) is 13.8. The van der Waals surface area contributed by atoms with Crippen LogP contribution in [0.3, 0.4) is 0 Å². The van der Waals surface area contributed by atoms with Crippen LogP contribution in [0.4, 0.5) is 0 Å². The zero-order chi connectivity index (χ0) is 15.9. The van der Waals surface area contributed by atoms with E-state index in [4.69, 9.17) is 0 Å². The smallest absolute Gasteiger partial charge is 0.118 e. The van der Waals surface area contributed by atoms with Gasteiger partial charge >= 0.3 is 0 Å². The third-order valence-corrected chi connectivity index (χ3v) is 4.35. The summed E-state index contributed by atoms with van der Waals surface area (Å²) in [6.45, 7) is 4.42. The molecule has 116 valence electrons. The van der Waals surface area contributed by atoms with E-state index in [1.54, 1.807) is 12.4 Å². The largest absolute Gasteiger partial charge is 0.265 e. The van der Waals surface area contributed by atoms with Crippen LogP contribution in [0.5, 0.6) is 0 Å². The number of rotatable bonds is 7. The Bertz CT molecular complexity index is 584. The van der Waals surface area contributed by atoms with E-state index in [-0.39, 0.29) is 6.04 Å². The first-order chi connectivity index (χ1) is 10.6. The summed E-state index contributed by atoms with van der Waals surface area (Å²) in [7, 11) is 0. The molecule has 0 saturated carbocycles. The topological polar surface area (TPSA) is 42.3 Å². The summed E-state index contributed by atoms with van der Waals surface area (Å²) in [5, 5.41) is 3.36. The number of hydrogen-bond acceptors (Lipinski definition) is 3. The van der Waals surface area contributed by atoms with E-state index in [1.807, 2.05) is 12.1 Å². The van der Waals surface area contributed by atoms with Crippen molar-refractivity contribution in [1.82, 2.24) is 4.98 Å². The molecule has 0 aliphatic carbocycles. The Morgan fingerprint density at radius 1 is 1.00 bits per heavy atom. The standard InChI is InChI=1S/C18H21BrN2O/c1-13(2)11-16(14-3-5-17(19)6-4-14)12-18(21-22)15-7-9-20-10-8-15/h3-10,13,16,18H,11-12H2,1-2H3. The molecule has 0 spiro atoms. The van der Waals surface area contributed by atoms with Gasteiger partial charge in [-0.2, -0.15) is 4.91 Å². The van der Waals surface area contributed by atoms with E-state index in [1.165, 1.54) is 5.56 Å². The van der Waals surface area contributed by atoms with Crippen LogP contribution in [0.2, 0.25) is 0 Å².